The van der Waals surface area contributed by atoms with E-state index in [0.717, 1.165) is 24.3 Å². The number of hydrogen-bond donors (Lipinski definition) is 0. The maximum atomic E-state index is 11.4. The van der Waals surface area contributed by atoms with Gasteiger partial charge < -0.3 is 0 Å². The van der Waals surface area contributed by atoms with Gasteiger partial charge in [-0.2, -0.15) is 0 Å². The molecule has 2 atom stereocenters. The molecule has 1 rings (SSSR count). The van der Waals surface area contributed by atoms with Crippen LogP contribution in [0.25, 0.3) is 0 Å². The summed E-state index contributed by atoms with van der Waals surface area (Å²) in [6.45, 7) is 4.26. The van der Waals surface area contributed by atoms with Crippen molar-refractivity contribution in [2.75, 3.05) is 11.5 Å². The van der Waals surface area contributed by atoms with Crippen molar-refractivity contribution < 1.29 is 4.21 Å². The molecule has 0 aromatic carbocycles. The molecule has 0 aliphatic carbocycles. The van der Waals surface area contributed by atoms with Gasteiger partial charge in [-0.05, 0) is 25.5 Å². The van der Waals surface area contributed by atoms with Crippen molar-refractivity contribution in [3.8, 4) is 0 Å². The highest BCUT2D eigenvalue weighted by Gasteiger charge is 2.35. The van der Waals surface area contributed by atoms with E-state index >= 15 is 0 Å². The van der Waals surface area contributed by atoms with Crippen LogP contribution in [0.15, 0.2) is 0 Å². The third-order valence-corrected chi connectivity index (χ3v) is 5.73. The lowest BCUT2D eigenvalue weighted by Gasteiger charge is -2.19. The van der Waals surface area contributed by atoms with E-state index in [0.29, 0.717) is 0 Å². The molecule has 0 aromatic heterocycles. The van der Waals surface area contributed by atoms with Crippen LogP contribution >= 0.6 is 11.8 Å². The van der Waals surface area contributed by atoms with E-state index < -0.39 is 10.8 Å². The Balaban J connectivity index is 2.57. The Morgan fingerprint density at radius 1 is 1.70 bits per heavy atom. The summed E-state index contributed by atoms with van der Waals surface area (Å²) >= 11 is 1.85. The Hall–Kier alpha value is 0.500. The molecule has 3 heteroatoms. The summed E-state index contributed by atoms with van der Waals surface area (Å²) in [5.41, 5.74) is 0. The molecule has 0 N–H and O–H groups in total. The first-order valence-electron chi connectivity index (χ1n) is 3.71. The van der Waals surface area contributed by atoms with Crippen molar-refractivity contribution in [1.82, 2.24) is 0 Å². The highest BCUT2D eigenvalue weighted by Crippen LogP contribution is 2.38. The van der Waals surface area contributed by atoms with Crippen LogP contribution in [-0.2, 0) is 10.8 Å². The Bertz CT molecular complexity index is 147. The minimum Gasteiger partial charge on any atom is -0.258 e. The van der Waals surface area contributed by atoms with Gasteiger partial charge in [0.1, 0.15) is 0 Å². The van der Waals surface area contributed by atoms with Crippen LogP contribution in [-0.4, -0.2) is 19.8 Å². The Morgan fingerprint density at radius 3 is 2.80 bits per heavy atom. The van der Waals surface area contributed by atoms with Crippen LogP contribution < -0.4 is 0 Å². The predicted octanol–water partition coefficient (Wildman–Crippen LogP) is 2.00. The van der Waals surface area contributed by atoms with Gasteiger partial charge in [-0.15, -0.1) is 11.8 Å². The first kappa shape index (κ1) is 8.60. The Kier molecular flexibility index (Phi) is 2.81. The van der Waals surface area contributed by atoms with E-state index in [1.165, 1.54) is 0 Å². The van der Waals surface area contributed by atoms with Crippen molar-refractivity contribution >= 4 is 22.6 Å². The van der Waals surface area contributed by atoms with E-state index in [-0.39, 0.29) is 4.08 Å². The minimum absolute atomic E-state index is 0.0920. The van der Waals surface area contributed by atoms with Crippen LogP contribution in [0.4, 0.5) is 0 Å². The average molecular weight is 178 g/mol. The largest absolute Gasteiger partial charge is 0.258 e. The zero-order valence-electron chi connectivity index (χ0n) is 6.55. The van der Waals surface area contributed by atoms with Crippen LogP contribution in [0, 0.1) is 0 Å². The molecule has 0 bridgehead atoms. The second-order valence-corrected chi connectivity index (χ2v) is 6.75. The number of rotatable bonds is 2. The van der Waals surface area contributed by atoms with E-state index in [1.54, 1.807) is 0 Å². The normalized spacial score (nSPS) is 40.4. The average Bonchev–Trinajstić information content (AvgIpc) is 2.15. The summed E-state index contributed by atoms with van der Waals surface area (Å²) in [5, 5.41) is 0. The van der Waals surface area contributed by atoms with Gasteiger partial charge in [0.15, 0.2) is 0 Å². The Labute approximate surface area is 69.4 Å². The lowest BCUT2D eigenvalue weighted by molar-refractivity contribution is 0.675. The molecule has 1 heterocycles. The maximum Gasteiger partial charge on any atom is 0.0880 e. The summed E-state index contributed by atoms with van der Waals surface area (Å²) in [7, 11) is -0.563. The first-order chi connectivity index (χ1) is 4.69. The van der Waals surface area contributed by atoms with E-state index in [1.807, 2.05) is 11.8 Å². The molecule has 2 unspecified atom stereocenters. The van der Waals surface area contributed by atoms with Crippen molar-refractivity contribution in [3.63, 3.8) is 0 Å². The molecular formula is C7H14OS2. The van der Waals surface area contributed by atoms with Gasteiger partial charge in [-0.3, -0.25) is 4.21 Å². The maximum absolute atomic E-state index is 11.4. The smallest absolute Gasteiger partial charge is 0.0880 e. The lowest BCUT2D eigenvalue weighted by atomic mass is 10.3. The molecule has 1 fully saturated rings. The van der Waals surface area contributed by atoms with Crippen molar-refractivity contribution in [1.29, 1.82) is 0 Å². The molecule has 1 aliphatic rings. The molecule has 0 spiro atoms. The van der Waals surface area contributed by atoms with Gasteiger partial charge in [0, 0.05) is 16.6 Å². The quantitative estimate of drug-likeness (QED) is 0.643. The summed E-state index contributed by atoms with van der Waals surface area (Å²) in [6, 6.07) is 0. The van der Waals surface area contributed by atoms with Gasteiger partial charge >= 0.3 is 0 Å². The van der Waals surface area contributed by atoms with E-state index in [4.69, 9.17) is 0 Å². The number of thioether (sulfide) groups is 1. The predicted molar refractivity (Wildman–Crippen MR) is 48.8 cm³/mol. The van der Waals surface area contributed by atoms with Gasteiger partial charge in [0.25, 0.3) is 0 Å². The molecule has 0 saturated carbocycles. The van der Waals surface area contributed by atoms with Crippen LogP contribution in [0.3, 0.4) is 0 Å². The molecule has 0 amide bonds. The highest BCUT2D eigenvalue weighted by atomic mass is 32.2. The van der Waals surface area contributed by atoms with E-state index in [2.05, 4.69) is 13.8 Å². The minimum atomic E-state index is -0.563. The SMILES string of the molecule is CCSC1(C)CCCS1=O. The zero-order valence-corrected chi connectivity index (χ0v) is 8.19. The van der Waals surface area contributed by atoms with Crippen LogP contribution in [0.2, 0.25) is 0 Å². The molecule has 1 aliphatic heterocycles. The van der Waals surface area contributed by atoms with Gasteiger partial charge in [0.2, 0.25) is 0 Å². The topological polar surface area (TPSA) is 17.1 Å². The molecule has 1 saturated heterocycles. The van der Waals surface area contributed by atoms with Gasteiger partial charge in [-0.25, -0.2) is 0 Å². The van der Waals surface area contributed by atoms with Crippen LogP contribution in [0.1, 0.15) is 26.7 Å². The molecule has 60 valence electrons. The first-order valence-corrected chi connectivity index (χ1v) is 6.02. The van der Waals surface area contributed by atoms with Crippen molar-refractivity contribution in [2.24, 2.45) is 0 Å². The monoisotopic (exact) mass is 178 g/mol. The fourth-order valence-electron chi connectivity index (χ4n) is 1.30. The number of hydrogen-bond acceptors (Lipinski definition) is 2. The van der Waals surface area contributed by atoms with Crippen LogP contribution in [0.5, 0.6) is 0 Å². The molecule has 1 nitrogen and oxygen atoms in total. The van der Waals surface area contributed by atoms with Crippen molar-refractivity contribution in [3.05, 3.63) is 0 Å². The third kappa shape index (κ3) is 1.56. The van der Waals surface area contributed by atoms with Crippen molar-refractivity contribution in [2.45, 2.75) is 30.8 Å². The lowest BCUT2D eigenvalue weighted by Crippen LogP contribution is -2.21. The second kappa shape index (κ2) is 3.26. The fraction of sp³-hybridized carbons (Fsp3) is 1.00. The fourth-order valence-corrected chi connectivity index (χ4v) is 4.54. The molecule has 10 heavy (non-hydrogen) atoms. The highest BCUT2D eigenvalue weighted by molar-refractivity contribution is 8.12. The van der Waals surface area contributed by atoms with Gasteiger partial charge in [0.05, 0.1) is 4.08 Å². The Morgan fingerprint density at radius 2 is 2.40 bits per heavy atom. The molecule has 0 aromatic rings. The standard InChI is InChI=1S/C7H14OS2/c1-3-9-7(2)5-4-6-10(7)8/h3-6H2,1-2H3. The summed E-state index contributed by atoms with van der Waals surface area (Å²) in [6.07, 6.45) is 2.29. The third-order valence-electron chi connectivity index (χ3n) is 1.89. The second-order valence-electron chi connectivity index (χ2n) is 2.72. The zero-order chi connectivity index (χ0) is 7.61. The molecular weight excluding hydrogens is 164 g/mol. The summed E-state index contributed by atoms with van der Waals surface area (Å²) < 4.78 is 11.5. The van der Waals surface area contributed by atoms with E-state index in [9.17, 15) is 4.21 Å². The summed E-state index contributed by atoms with van der Waals surface area (Å²) in [4.78, 5) is 0. The summed E-state index contributed by atoms with van der Waals surface area (Å²) in [5.74, 6) is 2.01. The molecule has 0 radical (unpaired) electrons. The van der Waals surface area contributed by atoms with Gasteiger partial charge in [-0.1, -0.05) is 6.92 Å².